The SMILES string of the molecule is CC(C)(O)c1cccc(-c2ccc(CC3C[C@@H]4CN(CC5CCOCC5)C[C@@H]4C3)nn2)c1. The molecule has 0 amide bonds. The fraction of sp³-hybridized carbons (Fsp3) is 0.630. The summed E-state index contributed by atoms with van der Waals surface area (Å²) in [5, 5.41) is 19.4. The molecule has 5 heteroatoms. The van der Waals surface area contributed by atoms with E-state index in [1.54, 1.807) is 0 Å². The Balaban J connectivity index is 1.14. The molecule has 3 atom stereocenters. The van der Waals surface area contributed by atoms with E-state index in [4.69, 9.17) is 4.74 Å². The lowest BCUT2D eigenvalue weighted by atomic mass is 9.95. The molecule has 3 heterocycles. The fourth-order valence-electron chi connectivity index (χ4n) is 6.11. The zero-order valence-corrected chi connectivity index (χ0v) is 19.5. The van der Waals surface area contributed by atoms with Gasteiger partial charge in [0.1, 0.15) is 0 Å². The maximum atomic E-state index is 10.3. The van der Waals surface area contributed by atoms with Crippen LogP contribution in [0.25, 0.3) is 11.3 Å². The Kier molecular flexibility index (Phi) is 6.33. The highest BCUT2D eigenvalue weighted by Crippen LogP contribution is 2.43. The van der Waals surface area contributed by atoms with E-state index in [2.05, 4.69) is 27.2 Å². The van der Waals surface area contributed by atoms with Crippen LogP contribution >= 0.6 is 0 Å². The fourth-order valence-corrected chi connectivity index (χ4v) is 6.11. The van der Waals surface area contributed by atoms with Gasteiger partial charge in [-0.25, -0.2) is 0 Å². The van der Waals surface area contributed by atoms with Gasteiger partial charge in [-0.05, 0) is 93.4 Å². The first-order valence-electron chi connectivity index (χ1n) is 12.4. The van der Waals surface area contributed by atoms with Crippen LogP contribution in [0.1, 0.15) is 50.8 Å². The van der Waals surface area contributed by atoms with Gasteiger partial charge in [0, 0.05) is 38.4 Å². The van der Waals surface area contributed by atoms with Gasteiger partial charge in [-0.15, -0.1) is 0 Å². The Morgan fingerprint density at radius 3 is 2.41 bits per heavy atom. The third kappa shape index (κ3) is 5.05. The van der Waals surface area contributed by atoms with Crippen LogP contribution in [0, 0.1) is 23.7 Å². The van der Waals surface area contributed by atoms with Crippen molar-refractivity contribution in [3.63, 3.8) is 0 Å². The summed E-state index contributed by atoms with van der Waals surface area (Å²) < 4.78 is 5.52. The minimum absolute atomic E-state index is 0.744. The first-order valence-corrected chi connectivity index (χ1v) is 12.4. The Hall–Kier alpha value is -1.82. The van der Waals surface area contributed by atoms with Crippen molar-refractivity contribution in [2.24, 2.45) is 23.7 Å². The highest BCUT2D eigenvalue weighted by atomic mass is 16.5. The topological polar surface area (TPSA) is 58.5 Å². The van der Waals surface area contributed by atoms with Gasteiger partial charge in [-0.1, -0.05) is 18.2 Å². The molecule has 1 aromatic carbocycles. The molecule has 2 aromatic rings. The predicted octanol–water partition coefficient (Wildman–Crippen LogP) is 4.30. The third-order valence-corrected chi connectivity index (χ3v) is 7.86. The number of nitrogens with zero attached hydrogens (tertiary/aromatic N) is 3. The summed E-state index contributed by atoms with van der Waals surface area (Å²) in [6, 6.07) is 12.2. The molecule has 0 radical (unpaired) electrons. The molecule has 1 N–H and O–H groups in total. The molecule has 172 valence electrons. The molecule has 5 rings (SSSR count). The predicted molar refractivity (Wildman–Crippen MR) is 126 cm³/mol. The lowest BCUT2D eigenvalue weighted by Crippen LogP contribution is -2.31. The maximum Gasteiger partial charge on any atom is 0.0929 e. The van der Waals surface area contributed by atoms with Crippen molar-refractivity contribution in [3.05, 3.63) is 47.7 Å². The molecule has 2 saturated heterocycles. The number of hydrogen-bond donors (Lipinski definition) is 1. The van der Waals surface area contributed by atoms with Crippen LogP contribution in [0.3, 0.4) is 0 Å². The Labute approximate surface area is 192 Å². The number of aliphatic hydroxyl groups is 1. The second-order valence-electron chi connectivity index (χ2n) is 10.9. The summed E-state index contributed by atoms with van der Waals surface area (Å²) in [6.45, 7) is 9.39. The van der Waals surface area contributed by atoms with Crippen LogP contribution in [0.2, 0.25) is 0 Å². The van der Waals surface area contributed by atoms with Gasteiger partial charge in [0.05, 0.1) is 17.0 Å². The molecular formula is C27H37N3O2. The van der Waals surface area contributed by atoms with Gasteiger partial charge in [-0.2, -0.15) is 10.2 Å². The second-order valence-corrected chi connectivity index (χ2v) is 10.9. The van der Waals surface area contributed by atoms with Crippen LogP contribution in [0.5, 0.6) is 0 Å². The van der Waals surface area contributed by atoms with Crippen molar-refractivity contribution in [2.45, 2.75) is 51.6 Å². The number of likely N-dealkylation sites (tertiary alicyclic amines) is 1. The molecule has 32 heavy (non-hydrogen) atoms. The zero-order chi connectivity index (χ0) is 22.1. The van der Waals surface area contributed by atoms with Crippen LogP contribution < -0.4 is 0 Å². The molecule has 5 nitrogen and oxygen atoms in total. The van der Waals surface area contributed by atoms with E-state index in [9.17, 15) is 5.11 Å². The summed E-state index contributed by atoms with van der Waals surface area (Å²) in [5.74, 6) is 3.33. The second kappa shape index (κ2) is 9.20. The summed E-state index contributed by atoms with van der Waals surface area (Å²) in [4.78, 5) is 2.73. The molecule has 3 aliphatic rings. The van der Waals surface area contributed by atoms with Gasteiger partial charge in [-0.3, -0.25) is 0 Å². The lowest BCUT2D eigenvalue weighted by Gasteiger charge is -2.27. The van der Waals surface area contributed by atoms with Gasteiger partial charge >= 0.3 is 0 Å². The van der Waals surface area contributed by atoms with Gasteiger partial charge in [0.15, 0.2) is 0 Å². The average molecular weight is 436 g/mol. The minimum atomic E-state index is -0.857. The Morgan fingerprint density at radius 2 is 1.75 bits per heavy atom. The monoisotopic (exact) mass is 435 g/mol. The first kappa shape index (κ1) is 22.0. The highest BCUT2D eigenvalue weighted by molar-refractivity contribution is 5.59. The summed E-state index contributed by atoms with van der Waals surface area (Å²) in [5.41, 5.74) is 3.01. The minimum Gasteiger partial charge on any atom is -0.386 e. The average Bonchev–Trinajstić information content (AvgIpc) is 3.32. The number of benzene rings is 1. The highest BCUT2D eigenvalue weighted by Gasteiger charge is 2.41. The maximum absolute atomic E-state index is 10.3. The van der Waals surface area contributed by atoms with Crippen molar-refractivity contribution in [1.29, 1.82) is 0 Å². The van der Waals surface area contributed by atoms with E-state index >= 15 is 0 Å². The van der Waals surface area contributed by atoms with Gasteiger partial charge in [0.25, 0.3) is 0 Å². The summed E-state index contributed by atoms with van der Waals surface area (Å²) >= 11 is 0. The van der Waals surface area contributed by atoms with Gasteiger partial charge in [0.2, 0.25) is 0 Å². The summed E-state index contributed by atoms with van der Waals surface area (Å²) in [7, 11) is 0. The number of rotatable bonds is 6. The van der Waals surface area contributed by atoms with E-state index in [1.807, 2.05) is 38.1 Å². The molecule has 1 aliphatic carbocycles. The smallest absolute Gasteiger partial charge is 0.0929 e. The quantitative estimate of drug-likeness (QED) is 0.733. The summed E-state index contributed by atoms with van der Waals surface area (Å²) in [6.07, 6.45) is 6.21. The van der Waals surface area contributed by atoms with E-state index in [0.29, 0.717) is 0 Å². The van der Waals surface area contributed by atoms with Crippen molar-refractivity contribution in [3.8, 4) is 11.3 Å². The number of aromatic nitrogens is 2. The Morgan fingerprint density at radius 1 is 1.00 bits per heavy atom. The number of ether oxygens (including phenoxy) is 1. The van der Waals surface area contributed by atoms with Crippen molar-refractivity contribution in [2.75, 3.05) is 32.8 Å². The van der Waals surface area contributed by atoms with E-state index in [1.165, 1.54) is 45.3 Å². The zero-order valence-electron chi connectivity index (χ0n) is 19.5. The molecular weight excluding hydrogens is 398 g/mol. The number of hydrogen-bond acceptors (Lipinski definition) is 5. The van der Waals surface area contributed by atoms with E-state index in [-0.39, 0.29) is 0 Å². The molecule has 2 aliphatic heterocycles. The Bertz CT molecular complexity index is 888. The van der Waals surface area contributed by atoms with Crippen molar-refractivity contribution < 1.29 is 9.84 Å². The van der Waals surface area contributed by atoms with Crippen molar-refractivity contribution >= 4 is 0 Å². The van der Waals surface area contributed by atoms with Crippen LogP contribution in [0.4, 0.5) is 0 Å². The molecule has 0 bridgehead atoms. The van der Waals surface area contributed by atoms with Crippen molar-refractivity contribution in [1.82, 2.24) is 15.1 Å². The molecule has 1 saturated carbocycles. The van der Waals surface area contributed by atoms with Crippen LogP contribution in [-0.4, -0.2) is 53.1 Å². The van der Waals surface area contributed by atoms with E-state index in [0.717, 1.165) is 65.8 Å². The standard InChI is InChI=1S/C27H37N3O2/c1-27(2,31)24-5-3-4-21(15-24)26-7-6-25(28-29-26)14-20-12-22-17-30(18-23(22)13-20)16-19-8-10-32-11-9-19/h3-7,15,19-20,22-23,31H,8-14,16-18H2,1-2H3/t20?,22-,23+. The molecule has 3 fully saturated rings. The van der Waals surface area contributed by atoms with Gasteiger partial charge < -0.3 is 14.7 Å². The third-order valence-electron chi connectivity index (χ3n) is 7.86. The molecule has 1 unspecified atom stereocenters. The van der Waals surface area contributed by atoms with E-state index < -0.39 is 5.60 Å². The number of fused-ring (bicyclic) bond motifs is 1. The lowest BCUT2D eigenvalue weighted by molar-refractivity contribution is 0.0544. The largest absolute Gasteiger partial charge is 0.386 e. The molecule has 1 aromatic heterocycles. The normalized spacial score (nSPS) is 27.0. The molecule has 0 spiro atoms. The van der Waals surface area contributed by atoms with Crippen LogP contribution in [0.15, 0.2) is 36.4 Å². The van der Waals surface area contributed by atoms with Crippen LogP contribution in [-0.2, 0) is 16.8 Å². The first-order chi connectivity index (χ1) is 15.4.